The van der Waals surface area contributed by atoms with Crippen LogP contribution in [0.4, 0.5) is 34.1 Å². The first-order valence-electron chi connectivity index (χ1n) is 21.0. The minimum atomic E-state index is 1.14. The fourth-order valence-electron chi connectivity index (χ4n) is 8.59. The summed E-state index contributed by atoms with van der Waals surface area (Å²) in [5, 5.41) is 0. The average molecular weight is 779 g/mol. The Labute approximate surface area is 357 Å². The highest BCUT2D eigenvalue weighted by molar-refractivity contribution is 5.82. The molecule has 2 heteroatoms. The lowest BCUT2D eigenvalue weighted by Crippen LogP contribution is -2.11. The van der Waals surface area contributed by atoms with Gasteiger partial charge in [-0.25, -0.2) is 0 Å². The lowest BCUT2D eigenvalue weighted by molar-refractivity contribution is 1.23. The van der Waals surface area contributed by atoms with Gasteiger partial charge in [0.15, 0.2) is 0 Å². The molecule has 0 aliphatic rings. The molecule has 2 nitrogen and oxygen atoms in total. The normalized spacial score (nSPS) is 11.3. The van der Waals surface area contributed by atoms with Crippen LogP contribution in [0.1, 0.15) is 55.6 Å². The summed E-state index contributed by atoms with van der Waals surface area (Å²) in [6.45, 7) is 17.4. The van der Waals surface area contributed by atoms with Crippen LogP contribution in [0.5, 0.6) is 0 Å². The average Bonchev–Trinajstić information content (AvgIpc) is 3.20. The second kappa shape index (κ2) is 17.1. The Morgan fingerprint density at radius 2 is 0.433 bits per heavy atom. The summed E-state index contributed by atoms with van der Waals surface area (Å²) in [6.07, 6.45) is 4.38. The van der Waals surface area contributed by atoms with Gasteiger partial charge in [0.1, 0.15) is 0 Å². The summed E-state index contributed by atoms with van der Waals surface area (Å²) in [7, 11) is 0. The van der Waals surface area contributed by atoms with Crippen molar-refractivity contribution in [1.82, 2.24) is 0 Å². The molecule has 0 fully saturated rings. The Bertz CT molecular complexity index is 2430. The molecule has 0 spiro atoms. The molecule has 0 unspecified atom stereocenters. The Morgan fingerprint density at radius 1 is 0.233 bits per heavy atom. The highest BCUT2D eigenvalue weighted by Gasteiger charge is 2.16. The molecular weight excluding hydrogens is 725 g/mol. The van der Waals surface area contributed by atoms with Crippen LogP contribution in [0.25, 0.3) is 34.4 Å². The molecule has 0 aliphatic carbocycles. The summed E-state index contributed by atoms with van der Waals surface area (Å²) in [4.78, 5) is 4.74. The zero-order valence-corrected chi connectivity index (χ0v) is 36.2. The number of nitrogens with zero attached hydrogens (tertiary/aromatic N) is 2. The standard InChI is InChI=1S/C58H54N2/c1-39-27-40(2)32-55(31-39)59(56-33-41(3)28-42(4)34-56)53-23-19-51(20-24-53)49-15-11-47(12-16-49)9-10-48-13-17-50(18-14-48)52-21-25-54(26-22-52)60(57-35-43(5)29-44(6)36-57)58-37-45(7)30-46(8)38-58/h9-38H,1-8H3. The van der Waals surface area contributed by atoms with Gasteiger partial charge in [-0.05, 0) is 206 Å². The van der Waals surface area contributed by atoms with Crippen LogP contribution >= 0.6 is 0 Å². The number of aryl methyl sites for hydroxylation is 8. The van der Waals surface area contributed by atoms with E-state index in [1.807, 2.05) is 0 Å². The van der Waals surface area contributed by atoms with Gasteiger partial charge in [0.25, 0.3) is 0 Å². The molecule has 8 aromatic carbocycles. The Balaban J connectivity index is 0.967. The van der Waals surface area contributed by atoms with Crippen LogP contribution in [-0.2, 0) is 0 Å². The van der Waals surface area contributed by atoms with Crippen molar-refractivity contribution < 1.29 is 0 Å². The van der Waals surface area contributed by atoms with E-state index in [4.69, 9.17) is 0 Å². The predicted molar refractivity (Wildman–Crippen MR) is 260 cm³/mol. The molecule has 8 rings (SSSR count). The van der Waals surface area contributed by atoms with E-state index in [0.29, 0.717) is 0 Å². The molecule has 0 atom stereocenters. The minimum Gasteiger partial charge on any atom is -0.310 e. The molecule has 296 valence electrons. The van der Waals surface area contributed by atoms with Gasteiger partial charge in [-0.2, -0.15) is 0 Å². The number of anilines is 6. The van der Waals surface area contributed by atoms with Crippen molar-refractivity contribution in [3.63, 3.8) is 0 Å². The first-order chi connectivity index (χ1) is 28.9. The van der Waals surface area contributed by atoms with Crippen molar-refractivity contribution in [2.75, 3.05) is 9.80 Å². The highest BCUT2D eigenvalue weighted by Crippen LogP contribution is 2.39. The Hall–Kier alpha value is -6.90. The fourth-order valence-corrected chi connectivity index (χ4v) is 8.59. The summed E-state index contributed by atoms with van der Waals surface area (Å²) in [5.74, 6) is 0. The molecule has 0 radical (unpaired) electrons. The molecule has 0 aliphatic heterocycles. The van der Waals surface area contributed by atoms with Crippen molar-refractivity contribution in [3.8, 4) is 22.3 Å². The lowest BCUT2D eigenvalue weighted by Gasteiger charge is -2.27. The quantitative estimate of drug-likeness (QED) is 0.128. The second-order valence-corrected chi connectivity index (χ2v) is 16.7. The van der Waals surface area contributed by atoms with Gasteiger partial charge < -0.3 is 9.80 Å². The third kappa shape index (κ3) is 9.20. The Kier molecular flexibility index (Phi) is 11.4. The van der Waals surface area contributed by atoms with Crippen LogP contribution in [-0.4, -0.2) is 0 Å². The second-order valence-electron chi connectivity index (χ2n) is 16.7. The van der Waals surface area contributed by atoms with E-state index in [9.17, 15) is 0 Å². The van der Waals surface area contributed by atoms with Crippen LogP contribution in [0.15, 0.2) is 170 Å². The molecule has 0 saturated carbocycles. The maximum absolute atomic E-state index is 2.37. The van der Waals surface area contributed by atoms with Crippen molar-refractivity contribution >= 4 is 46.3 Å². The van der Waals surface area contributed by atoms with Crippen LogP contribution in [0.2, 0.25) is 0 Å². The van der Waals surface area contributed by atoms with Gasteiger partial charge in [-0.15, -0.1) is 0 Å². The summed E-state index contributed by atoms with van der Waals surface area (Å²) < 4.78 is 0. The van der Waals surface area contributed by atoms with E-state index in [1.165, 1.54) is 101 Å². The van der Waals surface area contributed by atoms with Crippen molar-refractivity contribution in [3.05, 3.63) is 225 Å². The minimum absolute atomic E-state index is 1.14. The molecule has 0 N–H and O–H groups in total. The maximum atomic E-state index is 2.37. The fraction of sp³-hybridized carbons (Fsp3) is 0.138. The van der Waals surface area contributed by atoms with E-state index in [-0.39, 0.29) is 0 Å². The van der Waals surface area contributed by atoms with Gasteiger partial charge in [0.05, 0.1) is 0 Å². The molecule has 0 aromatic heterocycles. The lowest BCUT2D eigenvalue weighted by atomic mass is 10.0. The van der Waals surface area contributed by atoms with E-state index < -0.39 is 0 Å². The van der Waals surface area contributed by atoms with E-state index >= 15 is 0 Å². The molecule has 0 amide bonds. The van der Waals surface area contributed by atoms with Gasteiger partial charge in [-0.1, -0.05) is 109 Å². The van der Waals surface area contributed by atoms with E-state index in [2.05, 4.69) is 247 Å². The number of rotatable bonds is 10. The molecule has 0 heterocycles. The maximum Gasteiger partial charge on any atom is 0.0466 e. The molecular formula is C58H54N2. The third-order valence-electron chi connectivity index (χ3n) is 11.1. The predicted octanol–water partition coefficient (Wildman–Crippen LogP) is 16.6. The number of hydrogen-bond acceptors (Lipinski definition) is 2. The molecule has 0 bridgehead atoms. The first kappa shape index (κ1) is 39.9. The van der Waals surface area contributed by atoms with Gasteiger partial charge in [-0.3, -0.25) is 0 Å². The zero-order chi connectivity index (χ0) is 41.9. The van der Waals surface area contributed by atoms with Crippen LogP contribution < -0.4 is 9.80 Å². The van der Waals surface area contributed by atoms with E-state index in [0.717, 1.165) is 11.4 Å². The topological polar surface area (TPSA) is 6.48 Å². The molecule has 8 aromatic rings. The van der Waals surface area contributed by atoms with Crippen molar-refractivity contribution in [2.24, 2.45) is 0 Å². The number of hydrogen-bond donors (Lipinski definition) is 0. The number of benzene rings is 8. The van der Waals surface area contributed by atoms with Gasteiger partial charge in [0, 0.05) is 34.1 Å². The Morgan fingerprint density at radius 3 is 0.650 bits per heavy atom. The largest absolute Gasteiger partial charge is 0.310 e. The smallest absolute Gasteiger partial charge is 0.0466 e. The van der Waals surface area contributed by atoms with Crippen LogP contribution in [0.3, 0.4) is 0 Å². The van der Waals surface area contributed by atoms with Crippen molar-refractivity contribution in [2.45, 2.75) is 55.4 Å². The van der Waals surface area contributed by atoms with Gasteiger partial charge in [0.2, 0.25) is 0 Å². The van der Waals surface area contributed by atoms with Crippen LogP contribution in [0, 0.1) is 55.4 Å². The molecule has 60 heavy (non-hydrogen) atoms. The monoisotopic (exact) mass is 778 g/mol. The summed E-state index contributed by atoms with van der Waals surface area (Å²) in [6, 6.07) is 62.7. The van der Waals surface area contributed by atoms with E-state index in [1.54, 1.807) is 0 Å². The SMILES string of the molecule is Cc1cc(C)cc(N(c2ccc(-c3ccc(C=Cc4ccc(-c5ccc(N(c6cc(C)cc(C)c6)c6cc(C)cc(C)c6)cc5)cc4)cc3)cc2)c2cc(C)cc(C)c2)c1. The summed E-state index contributed by atoms with van der Waals surface area (Å²) in [5.41, 5.74) is 24.2. The first-order valence-corrected chi connectivity index (χ1v) is 21.0. The summed E-state index contributed by atoms with van der Waals surface area (Å²) >= 11 is 0. The third-order valence-corrected chi connectivity index (χ3v) is 11.1. The zero-order valence-electron chi connectivity index (χ0n) is 36.2. The highest BCUT2D eigenvalue weighted by atomic mass is 15.1. The molecule has 0 saturated heterocycles. The van der Waals surface area contributed by atoms with Crippen molar-refractivity contribution in [1.29, 1.82) is 0 Å². The van der Waals surface area contributed by atoms with Gasteiger partial charge >= 0.3 is 0 Å².